The number of H-pyrrole nitrogens is 1. The van der Waals surface area contributed by atoms with E-state index in [1.165, 1.54) is 0 Å². The molecule has 57 heavy (non-hydrogen) atoms. The number of carbonyl (C=O) groups excluding carboxylic acids is 3. The molecule has 11 nitrogen and oxygen atoms in total. The molecule has 4 heterocycles. The number of amides is 2. The smallest absolute Gasteiger partial charge is 0.245 e. The molecule has 2 aromatic heterocycles. The first-order valence-electron chi connectivity index (χ1n) is 19.8. The van der Waals surface area contributed by atoms with Gasteiger partial charge in [0.05, 0.1) is 29.3 Å². The highest BCUT2D eigenvalue weighted by Gasteiger charge is 2.39. The number of rotatable bonds is 12. The van der Waals surface area contributed by atoms with Crippen LogP contribution in [0.4, 0.5) is 0 Å². The molecular formula is C46H49N7O4. The van der Waals surface area contributed by atoms with Crippen molar-refractivity contribution in [1.29, 1.82) is 0 Å². The number of nitrogens with zero attached hydrogens (tertiary/aromatic N) is 6. The molecular weight excluding hydrogens is 715 g/mol. The average molecular weight is 764 g/mol. The van der Waals surface area contributed by atoms with Crippen LogP contribution in [-0.2, 0) is 20.8 Å². The van der Waals surface area contributed by atoms with Gasteiger partial charge in [-0.3, -0.25) is 24.2 Å². The number of nitrogens with one attached hydrogen (secondary N) is 1. The molecule has 2 fully saturated rings. The third-order valence-corrected chi connectivity index (χ3v) is 11.3. The normalized spacial score (nSPS) is 18.1. The number of hydrogen-bond acceptors (Lipinski definition) is 8. The highest BCUT2D eigenvalue weighted by molar-refractivity contribution is 5.93. The second-order valence-electron chi connectivity index (χ2n) is 15.7. The Balaban J connectivity index is 0.961. The van der Waals surface area contributed by atoms with Crippen molar-refractivity contribution in [3.05, 3.63) is 132 Å². The summed E-state index contributed by atoms with van der Waals surface area (Å²) in [6.07, 6.45) is 5.13. The lowest BCUT2D eigenvalue weighted by Gasteiger charge is -2.31. The third-order valence-electron chi connectivity index (χ3n) is 11.3. The first-order valence-corrected chi connectivity index (χ1v) is 19.8. The summed E-state index contributed by atoms with van der Waals surface area (Å²) in [4.78, 5) is 62.3. The zero-order valence-electron chi connectivity index (χ0n) is 33.0. The van der Waals surface area contributed by atoms with Crippen molar-refractivity contribution in [2.45, 2.75) is 56.3 Å². The van der Waals surface area contributed by atoms with E-state index >= 15 is 0 Å². The fourth-order valence-electron chi connectivity index (χ4n) is 8.60. The van der Waals surface area contributed by atoms with Crippen molar-refractivity contribution in [3.63, 3.8) is 0 Å². The van der Waals surface area contributed by atoms with Crippen molar-refractivity contribution < 1.29 is 18.8 Å². The van der Waals surface area contributed by atoms with Crippen LogP contribution in [0.15, 0.2) is 114 Å². The number of benzene rings is 4. The number of fused-ring (bicyclic) bond motifs is 1. The minimum atomic E-state index is -0.458. The molecule has 0 radical (unpaired) electrons. The molecule has 0 spiro atoms. The SMILES string of the molecule is CN(C)[C@@H](C(=O)N1CCC[C@H]1C(=O)Cc1cccc(-c2ncc(-c3ccc4nc([C@@H]5CCCN5C(=O)[C@@H](c5ccccc5)N(C)C)[nH]c4c3)o2)c1)c1ccccc1. The fraction of sp³-hybridized carbons (Fsp3) is 0.326. The van der Waals surface area contributed by atoms with Crippen molar-refractivity contribution in [3.8, 4) is 22.8 Å². The van der Waals surface area contributed by atoms with Gasteiger partial charge in [0.2, 0.25) is 17.7 Å². The van der Waals surface area contributed by atoms with Gasteiger partial charge in [-0.2, -0.15) is 0 Å². The number of likely N-dealkylation sites (tertiary alicyclic amines) is 2. The molecule has 8 rings (SSSR count). The Labute approximate surface area is 333 Å². The van der Waals surface area contributed by atoms with Crippen LogP contribution in [-0.4, -0.2) is 99.5 Å². The van der Waals surface area contributed by atoms with E-state index in [1.54, 1.807) is 11.1 Å². The quantitative estimate of drug-likeness (QED) is 0.139. The molecule has 1 N–H and O–H groups in total. The Bertz CT molecular complexity index is 2370. The van der Waals surface area contributed by atoms with Crippen LogP contribution in [0.2, 0.25) is 0 Å². The van der Waals surface area contributed by atoms with Gasteiger partial charge in [0, 0.05) is 30.6 Å². The second-order valence-corrected chi connectivity index (χ2v) is 15.7. The monoisotopic (exact) mass is 763 g/mol. The summed E-state index contributed by atoms with van der Waals surface area (Å²) in [6, 6.07) is 31.9. The standard InChI is InChI=1S/C46H49N7O4/c1-50(2)41(31-15-7-5-8-16-31)45(55)52-24-12-20-37(52)39(54)27-30-14-11-19-34(26-30)44-47-29-40(57-44)33-22-23-35-36(28-33)49-43(48-35)38-21-13-25-53(38)46(56)42(51(3)4)32-17-9-6-10-18-32/h5-11,14-19,22-23,26,28-29,37-38,41-42H,12-13,20-21,24-25,27H2,1-4H3,(H,48,49)/t37-,38-,41+,42+/m0/s1. The first-order chi connectivity index (χ1) is 27.7. The highest BCUT2D eigenvalue weighted by Crippen LogP contribution is 2.36. The van der Waals surface area contributed by atoms with Crippen LogP contribution >= 0.6 is 0 Å². The van der Waals surface area contributed by atoms with Gasteiger partial charge < -0.3 is 19.2 Å². The maximum Gasteiger partial charge on any atom is 0.245 e. The maximum atomic E-state index is 14.0. The number of Topliss-reactive ketones (excluding diaryl/α,β-unsaturated/α-hetero) is 1. The van der Waals surface area contributed by atoms with Crippen molar-refractivity contribution >= 4 is 28.6 Å². The molecule has 2 aliphatic heterocycles. The second kappa shape index (κ2) is 16.3. The molecule has 6 aromatic rings. The van der Waals surface area contributed by atoms with Gasteiger partial charge in [0.15, 0.2) is 11.5 Å². The van der Waals surface area contributed by atoms with Crippen molar-refractivity contribution in [1.82, 2.24) is 34.6 Å². The van der Waals surface area contributed by atoms with Crippen molar-refractivity contribution in [2.24, 2.45) is 0 Å². The lowest BCUT2D eigenvalue weighted by molar-refractivity contribution is -0.141. The molecule has 2 saturated heterocycles. The maximum absolute atomic E-state index is 14.0. The number of likely N-dealkylation sites (N-methyl/N-ethyl adjacent to an activating group) is 2. The van der Waals surface area contributed by atoms with Crippen LogP contribution in [0.25, 0.3) is 33.8 Å². The number of aromatic amines is 1. The number of imidazole rings is 1. The number of hydrogen-bond donors (Lipinski definition) is 1. The van der Waals surface area contributed by atoms with Gasteiger partial charge in [-0.05, 0) is 101 Å². The summed E-state index contributed by atoms with van der Waals surface area (Å²) >= 11 is 0. The average Bonchev–Trinajstić information content (AvgIpc) is 4.05. The Kier molecular flexibility index (Phi) is 10.9. The van der Waals surface area contributed by atoms with Gasteiger partial charge in [0.1, 0.15) is 17.9 Å². The molecule has 0 unspecified atom stereocenters. The molecule has 11 heteroatoms. The van der Waals surface area contributed by atoms with Gasteiger partial charge in [0.25, 0.3) is 0 Å². The van der Waals surface area contributed by atoms with Gasteiger partial charge in [-0.25, -0.2) is 9.97 Å². The minimum absolute atomic E-state index is 0.0303. The summed E-state index contributed by atoms with van der Waals surface area (Å²) in [5.74, 6) is 1.90. The molecule has 2 amide bonds. The van der Waals surface area contributed by atoms with Crippen LogP contribution in [0, 0.1) is 0 Å². The lowest BCUT2D eigenvalue weighted by Crippen LogP contribution is -2.46. The zero-order chi connectivity index (χ0) is 39.6. The van der Waals surface area contributed by atoms with Crippen LogP contribution in [0.3, 0.4) is 0 Å². The first kappa shape index (κ1) is 38.0. The Morgan fingerprint density at radius 3 is 2.09 bits per heavy atom. The Morgan fingerprint density at radius 1 is 0.754 bits per heavy atom. The van der Waals surface area contributed by atoms with Crippen LogP contribution in [0.1, 0.15) is 66.3 Å². The summed E-state index contributed by atoms with van der Waals surface area (Å²) in [5, 5.41) is 0. The van der Waals surface area contributed by atoms with Crippen LogP contribution < -0.4 is 0 Å². The molecule has 0 bridgehead atoms. The molecule has 0 saturated carbocycles. The van der Waals surface area contributed by atoms with Gasteiger partial charge >= 0.3 is 0 Å². The summed E-state index contributed by atoms with van der Waals surface area (Å²) < 4.78 is 6.30. The van der Waals surface area contributed by atoms with E-state index in [9.17, 15) is 14.4 Å². The summed E-state index contributed by atoms with van der Waals surface area (Å²) in [7, 11) is 7.69. The van der Waals surface area contributed by atoms with E-state index in [1.807, 2.05) is 146 Å². The highest BCUT2D eigenvalue weighted by atomic mass is 16.4. The van der Waals surface area contributed by atoms with E-state index in [-0.39, 0.29) is 36.1 Å². The van der Waals surface area contributed by atoms with E-state index in [0.29, 0.717) is 31.2 Å². The largest absolute Gasteiger partial charge is 0.436 e. The van der Waals surface area contributed by atoms with Crippen LogP contribution in [0.5, 0.6) is 0 Å². The van der Waals surface area contributed by atoms with Crippen molar-refractivity contribution in [2.75, 3.05) is 41.3 Å². The molecule has 292 valence electrons. The summed E-state index contributed by atoms with van der Waals surface area (Å²) in [5.41, 5.74) is 6.02. The summed E-state index contributed by atoms with van der Waals surface area (Å²) in [6.45, 7) is 1.26. The zero-order valence-corrected chi connectivity index (χ0v) is 33.0. The predicted octanol–water partition coefficient (Wildman–Crippen LogP) is 7.26. The number of aromatic nitrogens is 3. The predicted molar refractivity (Wildman–Crippen MR) is 220 cm³/mol. The third kappa shape index (κ3) is 7.77. The van der Waals surface area contributed by atoms with E-state index < -0.39 is 12.1 Å². The van der Waals surface area contributed by atoms with E-state index in [4.69, 9.17) is 9.40 Å². The molecule has 0 aliphatic carbocycles. The Hall–Kier alpha value is -5.91. The fourth-order valence-corrected chi connectivity index (χ4v) is 8.60. The lowest BCUT2D eigenvalue weighted by atomic mass is 9.99. The molecule has 2 aliphatic rings. The number of carbonyl (C=O) groups is 3. The van der Waals surface area contributed by atoms with E-state index in [0.717, 1.165) is 63.9 Å². The molecule has 4 aromatic carbocycles. The number of oxazole rings is 1. The van der Waals surface area contributed by atoms with Gasteiger partial charge in [-0.1, -0.05) is 72.8 Å². The topological polar surface area (TPSA) is 119 Å². The Morgan fingerprint density at radius 2 is 1.40 bits per heavy atom. The number of ketones is 1. The minimum Gasteiger partial charge on any atom is -0.436 e. The molecule has 4 atom stereocenters. The van der Waals surface area contributed by atoms with Gasteiger partial charge in [-0.15, -0.1) is 0 Å². The van der Waals surface area contributed by atoms with E-state index in [2.05, 4.69) is 9.97 Å².